The van der Waals surface area contributed by atoms with Crippen LogP contribution in [0.2, 0.25) is 0 Å². The van der Waals surface area contributed by atoms with Gasteiger partial charge >= 0.3 is 0 Å². The van der Waals surface area contributed by atoms with E-state index in [2.05, 4.69) is 34.6 Å². The summed E-state index contributed by atoms with van der Waals surface area (Å²) in [6.45, 7) is 5.23. The second-order valence-corrected chi connectivity index (χ2v) is 6.91. The summed E-state index contributed by atoms with van der Waals surface area (Å²) in [6.07, 6.45) is 4.86. The number of ether oxygens (including phenoxy) is 2. The van der Waals surface area contributed by atoms with Gasteiger partial charge in [-0.2, -0.15) is 0 Å². The molecule has 0 aromatic carbocycles. The zero-order valence-corrected chi connectivity index (χ0v) is 15.0. The molecule has 1 heterocycles. The second kappa shape index (κ2) is 10.1. The van der Waals surface area contributed by atoms with E-state index in [0.717, 1.165) is 64.2 Å². The number of nitrogens with zero attached hydrogens (tertiary/aromatic N) is 2. The first-order valence-corrected chi connectivity index (χ1v) is 8.97. The molecule has 2 atom stereocenters. The molecule has 0 spiro atoms. The molecule has 0 aromatic heterocycles. The number of rotatable bonds is 10. The minimum absolute atomic E-state index is 0.600. The highest BCUT2D eigenvalue weighted by atomic mass is 16.5. The summed E-state index contributed by atoms with van der Waals surface area (Å²) in [7, 11) is 6.15. The van der Waals surface area contributed by atoms with Crippen LogP contribution in [-0.2, 0) is 9.47 Å². The smallest absolute Gasteiger partial charge is 0.191 e. The molecule has 2 N–H and O–H groups in total. The summed E-state index contributed by atoms with van der Waals surface area (Å²) in [5.74, 6) is 2.34. The van der Waals surface area contributed by atoms with Gasteiger partial charge < -0.3 is 25.0 Å². The Morgan fingerprint density at radius 3 is 2.74 bits per heavy atom. The van der Waals surface area contributed by atoms with Crippen LogP contribution in [0.25, 0.3) is 0 Å². The molecule has 6 nitrogen and oxygen atoms in total. The molecule has 0 bridgehead atoms. The van der Waals surface area contributed by atoms with Crippen LogP contribution in [0.5, 0.6) is 0 Å². The first-order chi connectivity index (χ1) is 11.2. The van der Waals surface area contributed by atoms with Crippen LogP contribution in [0.1, 0.15) is 25.7 Å². The van der Waals surface area contributed by atoms with E-state index in [1.807, 2.05) is 7.05 Å². The normalized spacial score (nSPS) is 23.3. The average Bonchev–Trinajstić information content (AvgIpc) is 3.23. The zero-order chi connectivity index (χ0) is 16.5. The number of aliphatic imine (C=N–C) groups is 1. The van der Waals surface area contributed by atoms with E-state index in [9.17, 15) is 0 Å². The number of hydrogen-bond acceptors (Lipinski definition) is 4. The van der Waals surface area contributed by atoms with Crippen molar-refractivity contribution in [2.45, 2.75) is 31.7 Å². The molecule has 2 rings (SSSR count). The molecule has 0 amide bonds. The molecular weight excluding hydrogens is 292 g/mol. The first kappa shape index (κ1) is 18.5. The lowest BCUT2D eigenvalue weighted by atomic mass is 10.1. The minimum atomic E-state index is 0.600. The van der Waals surface area contributed by atoms with Crippen molar-refractivity contribution in [3.05, 3.63) is 0 Å². The van der Waals surface area contributed by atoms with Crippen LogP contribution in [0.3, 0.4) is 0 Å². The topological polar surface area (TPSA) is 58.1 Å². The molecule has 1 aliphatic heterocycles. The predicted molar refractivity (Wildman–Crippen MR) is 93.9 cm³/mol. The molecule has 2 aliphatic rings. The van der Waals surface area contributed by atoms with Crippen molar-refractivity contribution in [2.75, 3.05) is 60.7 Å². The van der Waals surface area contributed by atoms with Gasteiger partial charge in [-0.3, -0.25) is 4.99 Å². The standard InChI is InChI=1S/C17H34N4O2/c1-18-17(20-11-16(21(2)3)15-5-6-15)19-8-4-9-22-12-14-7-10-23-13-14/h14-16H,4-13H2,1-3H3,(H2,18,19,20). The summed E-state index contributed by atoms with van der Waals surface area (Å²) in [5.41, 5.74) is 0. The molecule has 6 heteroatoms. The van der Waals surface area contributed by atoms with Crippen molar-refractivity contribution in [2.24, 2.45) is 16.8 Å². The van der Waals surface area contributed by atoms with Crippen LogP contribution >= 0.6 is 0 Å². The van der Waals surface area contributed by atoms with Crippen molar-refractivity contribution >= 4 is 5.96 Å². The van der Waals surface area contributed by atoms with E-state index in [0.29, 0.717) is 12.0 Å². The summed E-state index contributed by atoms with van der Waals surface area (Å²) in [5, 5.41) is 6.81. The van der Waals surface area contributed by atoms with Gasteiger partial charge in [0.25, 0.3) is 0 Å². The zero-order valence-electron chi connectivity index (χ0n) is 15.0. The predicted octanol–water partition coefficient (Wildman–Crippen LogP) is 0.935. The maximum absolute atomic E-state index is 5.72. The summed E-state index contributed by atoms with van der Waals surface area (Å²) < 4.78 is 11.1. The third-order valence-electron chi connectivity index (χ3n) is 4.67. The lowest BCUT2D eigenvalue weighted by molar-refractivity contribution is 0.0888. The lowest BCUT2D eigenvalue weighted by Gasteiger charge is -2.25. The summed E-state index contributed by atoms with van der Waals surface area (Å²) in [4.78, 5) is 6.62. The SMILES string of the molecule is CN=C(NCCCOCC1CCOC1)NCC(C1CC1)N(C)C. The van der Waals surface area contributed by atoms with E-state index in [4.69, 9.17) is 9.47 Å². The van der Waals surface area contributed by atoms with Gasteiger partial charge in [0.2, 0.25) is 0 Å². The van der Waals surface area contributed by atoms with Crippen LogP contribution in [0, 0.1) is 11.8 Å². The van der Waals surface area contributed by atoms with Crippen LogP contribution < -0.4 is 10.6 Å². The molecule has 1 saturated carbocycles. The fraction of sp³-hybridized carbons (Fsp3) is 0.941. The highest BCUT2D eigenvalue weighted by molar-refractivity contribution is 5.79. The van der Waals surface area contributed by atoms with Gasteiger partial charge in [0, 0.05) is 45.3 Å². The lowest BCUT2D eigenvalue weighted by Crippen LogP contribution is -2.46. The van der Waals surface area contributed by atoms with Gasteiger partial charge in [0.15, 0.2) is 5.96 Å². The van der Waals surface area contributed by atoms with E-state index in [1.165, 1.54) is 12.8 Å². The number of nitrogens with one attached hydrogen (secondary N) is 2. The minimum Gasteiger partial charge on any atom is -0.381 e. The van der Waals surface area contributed by atoms with Gasteiger partial charge in [-0.05, 0) is 45.7 Å². The Labute approximate surface area is 141 Å². The Balaban J connectivity index is 1.50. The van der Waals surface area contributed by atoms with Crippen LogP contribution in [-0.4, -0.2) is 77.6 Å². The largest absolute Gasteiger partial charge is 0.381 e. The Kier molecular flexibility index (Phi) is 8.12. The summed E-state index contributed by atoms with van der Waals surface area (Å²) >= 11 is 0. The van der Waals surface area contributed by atoms with E-state index in [-0.39, 0.29) is 0 Å². The van der Waals surface area contributed by atoms with E-state index >= 15 is 0 Å². The van der Waals surface area contributed by atoms with Crippen molar-refractivity contribution in [1.29, 1.82) is 0 Å². The average molecular weight is 326 g/mol. The first-order valence-electron chi connectivity index (χ1n) is 8.97. The van der Waals surface area contributed by atoms with E-state index in [1.54, 1.807) is 0 Å². The van der Waals surface area contributed by atoms with Gasteiger partial charge in [0.05, 0.1) is 13.2 Å². The van der Waals surface area contributed by atoms with Gasteiger partial charge in [-0.1, -0.05) is 0 Å². The molecule has 1 aliphatic carbocycles. The Hall–Kier alpha value is -0.850. The van der Waals surface area contributed by atoms with Gasteiger partial charge in [-0.25, -0.2) is 0 Å². The van der Waals surface area contributed by atoms with Gasteiger partial charge in [0.1, 0.15) is 0 Å². The molecular formula is C17H34N4O2. The van der Waals surface area contributed by atoms with E-state index < -0.39 is 0 Å². The molecule has 0 aromatic rings. The maximum atomic E-state index is 5.72. The molecule has 134 valence electrons. The fourth-order valence-electron chi connectivity index (χ4n) is 3.02. The highest BCUT2D eigenvalue weighted by Crippen LogP contribution is 2.34. The van der Waals surface area contributed by atoms with Crippen molar-refractivity contribution in [3.8, 4) is 0 Å². The number of likely N-dealkylation sites (N-methyl/N-ethyl adjacent to an activating group) is 1. The van der Waals surface area contributed by atoms with Crippen LogP contribution in [0.15, 0.2) is 4.99 Å². The molecule has 23 heavy (non-hydrogen) atoms. The fourth-order valence-corrected chi connectivity index (χ4v) is 3.02. The van der Waals surface area contributed by atoms with Crippen LogP contribution in [0.4, 0.5) is 0 Å². The Morgan fingerprint density at radius 1 is 1.30 bits per heavy atom. The second-order valence-electron chi connectivity index (χ2n) is 6.91. The quantitative estimate of drug-likeness (QED) is 0.355. The third-order valence-corrected chi connectivity index (χ3v) is 4.67. The Bertz CT molecular complexity index is 351. The number of hydrogen-bond donors (Lipinski definition) is 2. The third kappa shape index (κ3) is 7.06. The van der Waals surface area contributed by atoms with Crippen molar-refractivity contribution in [1.82, 2.24) is 15.5 Å². The Morgan fingerprint density at radius 2 is 2.13 bits per heavy atom. The number of guanidine groups is 1. The maximum Gasteiger partial charge on any atom is 0.191 e. The molecule has 2 unspecified atom stereocenters. The highest BCUT2D eigenvalue weighted by Gasteiger charge is 2.32. The molecule has 0 radical (unpaired) electrons. The monoisotopic (exact) mass is 326 g/mol. The van der Waals surface area contributed by atoms with Gasteiger partial charge in [-0.15, -0.1) is 0 Å². The van der Waals surface area contributed by atoms with Crippen molar-refractivity contribution < 1.29 is 9.47 Å². The van der Waals surface area contributed by atoms with Crippen molar-refractivity contribution in [3.63, 3.8) is 0 Å². The summed E-state index contributed by atoms with van der Waals surface area (Å²) in [6, 6.07) is 0.602. The molecule has 2 fully saturated rings. The molecule has 1 saturated heterocycles.